The third-order valence-electron chi connectivity index (χ3n) is 4.46. The summed E-state index contributed by atoms with van der Waals surface area (Å²) < 4.78 is 0. The van der Waals surface area contributed by atoms with Crippen LogP contribution < -0.4 is 16.0 Å². The fraction of sp³-hybridized carbons (Fsp3) is 0.556. The molecule has 0 saturated heterocycles. The maximum absolute atomic E-state index is 11.7. The summed E-state index contributed by atoms with van der Waals surface area (Å²) in [5.41, 5.74) is 1.74. The zero-order valence-electron chi connectivity index (χ0n) is 14.8. The lowest BCUT2D eigenvalue weighted by atomic mass is 9.87. The smallest absolute Gasteiger partial charge is 0.251 e. The Balaban J connectivity index is 0.00000288. The van der Waals surface area contributed by atoms with E-state index in [0.29, 0.717) is 18.2 Å². The van der Waals surface area contributed by atoms with E-state index in [4.69, 9.17) is 0 Å². The van der Waals surface area contributed by atoms with Crippen LogP contribution in [0.5, 0.6) is 0 Å². The van der Waals surface area contributed by atoms with Crippen LogP contribution >= 0.6 is 24.0 Å². The van der Waals surface area contributed by atoms with Crippen molar-refractivity contribution in [1.29, 1.82) is 0 Å². The Hall–Kier alpha value is -1.31. The molecule has 1 aliphatic carbocycles. The van der Waals surface area contributed by atoms with E-state index >= 15 is 0 Å². The van der Waals surface area contributed by atoms with Crippen molar-refractivity contribution in [2.45, 2.75) is 45.2 Å². The average molecular weight is 444 g/mol. The fourth-order valence-electron chi connectivity index (χ4n) is 2.95. The van der Waals surface area contributed by atoms with E-state index in [9.17, 15) is 4.79 Å². The molecule has 1 aliphatic rings. The molecule has 1 aromatic carbocycles. The molecule has 24 heavy (non-hydrogen) atoms. The zero-order chi connectivity index (χ0) is 16.7. The van der Waals surface area contributed by atoms with Gasteiger partial charge in [-0.2, -0.15) is 0 Å². The summed E-state index contributed by atoms with van der Waals surface area (Å²) in [6.45, 7) is 2.97. The highest BCUT2D eigenvalue weighted by Crippen LogP contribution is 2.23. The minimum Gasteiger partial charge on any atom is -0.355 e. The van der Waals surface area contributed by atoms with Crippen LogP contribution in [0.2, 0.25) is 0 Å². The van der Waals surface area contributed by atoms with Gasteiger partial charge in [0.15, 0.2) is 5.96 Å². The van der Waals surface area contributed by atoms with Crippen LogP contribution in [0.15, 0.2) is 29.3 Å². The summed E-state index contributed by atoms with van der Waals surface area (Å²) in [6, 6.07) is 8.14. The van der Waals surface area contributed by atoms with Gasteiger partial charge in [-0.3, -0.25) is 9.79 Å². The molecule has 0 spiro atoms. The number of carbonyl (C=O) groups excluding carboxylic acids is 1. The Morgan fingerprint density at radius 1 is 1.25 bits per heavy atom. The summed E-state index contributed by atoms with van der Waals surface area (Å²) >= 11 is 0. The second-order valence-electron chi connectivity index (χ2n) is 6.31. The molecule has 1 aromatic rings. The van der Waals surface area contributed by atoms with E-state index in [1.54, 1.807) is 14.1 Å². The van der Waals surface area contributed by atoms with Crippen molar-refractivity contribution in [3.63, 3.8) is 0 Å². The zero-order valence-corrected chi connectivity index (χ0v) is 17.1. The molecule has 2 rings (SSSR count). The van der Waals surface area contributed by atoms with Crippen LogP contribution in [0.3, 0.4) is 0 Å². The van der Waals surface area contributed by atoms with Crippen molar-refractivity contribution in [3.05, 3.63) is 35.4 Å². The molecule has 0 unspecified atom stereocenters. The largest absolute Gasteiger partial charge is 0.355 e. The minimum absolute atomic E-state index is 0. The monoisotopic (exact) mass is 444 g/mol. The van der Waals surface area contributed by atoms with E-state index in [1.165, 1.54) is 25.7 Å². The number of amides is 1. The third kappa shape index (κ3) is 6.30. The highest BCUT2D eigenvalue weighted by molar-refractivity contribution is 14.0. The van der Waals surface area contributed by atoms with Gasteiger partial charge in [-0.1, -0.05) is 19.1 Å². The fourth-order valence-corrected chi connectivity index (χ4v) is 2.95. The van der Waals surface area contributed by atoms with Crippen LogP contribution in [0.4, 0.5) is 0 Å². The highest BCUT2D eigenvalue weighted by Gasteiger charge is 2.18. The number of aliphatic imine (C=N–C) groups is 1. The van der Waals surface area contributed by atoms with Gasteiger partial charge in [0.25, 0.3) is 5.91 Å². The van der Waals surface area contributed by atoms with Gasteiger partial charge in [0.05, 0.1) is 0 Å². The number of guanidine groups is 1. The van der Waals surface area contributed by atoms with Crippen molar-refractivity contribution in [2.75, 3.05) is 14.1 Å². The Morgan fingerprint density at radius 2 is 1.96 bits per heavy atom. The molecule has 0 aromatic heterocycles. The van der Waals surface area contributed by atoms with Gasteiger partial charge in [0.1, 0.15) is 0 Å². The highest BCUT2D eigenvalue weighted by atomic mass is 127. The number of halogens is 1. The molecule has 1 saturated carbocycles. The first-order valence-electron chi connectivity index (χ1n) is 8.40. The molecule has 0 bridgehead atoms. The lowest BCUT2D eigenvalue weighted by molar-refractivity contribution is 0.0963. The molecular weight excluding hydrogens is 415 g/mol. The van der Waals surface area contributed by atoms with Crippen LogP contribution in [-0.2, 0) is 6.54 Å². The number of hydrogen-bond donors (Lipinski definition) is 3. The van der Waals surface area contributed by atoms with Gasteiger partial charge in [0.2, 0.25) is 0 Å². The summed E-state index contributed by atoms with van der Waals surface area (Å²) in [6.07, 6.45) is 4.97. The van der Waals surface area contributed by atoms with Gasteiger partial charge in [-0.15, -0.1) is 24.0 Å². The van der Waals surface area contributed by atoms with E-state index in [1.807, 2.05) is 24.3 Å². The van der Waals surface area contributed by atoms with Crippen LogP contribution in [0.1, 0.15) is 48.5 Å². The van der Waals surface area contributed by atoms with Crippen molar-refractivity contribution in [3.8, 4) is 0 Å². The Labute approximate surface area is 162 Å². The van der Waals surface area contributed by atoms with Gasteiger partial charge < -0.3 is 16.0 Å². The Kier molecular flexibility index (Phi) is 9.10. The predicted octanol–water partition coefficient (Wildman–Crippen LogP) is 2.91. The molecule has 5 nitrogen and oxygen atoms in total. The average Bonchev–Trinajstić information content (AvgIpc) is 2.59. The molecule has 0 atom stereocenters. The molecule has 0 aliphatic heterocycles. The van der Waals surface area contributed by atoms with Crippen molar-refractivity contribution < 1.29 is 4.79 Å². The number of nitrogens with one attached hydrogen (secondary N) is 3. The van der Waals surface area contributed by atoms with Crippen LogP contribution in [0.25, 0.3) is 0 Å². The van der Waals surface area contributed by atoms with Crippen molar-refractivity contribution in [1.82, 2.24) is 16.0 Å². The first-order valence-corrected chi connectivity index (χ1v) is 8.40. The number of nitrogens with zero attached hydrogens (tertiary/aromatic N) is 1. The quantitative estimate of drug-likeness (QED) is 0.380. The molecule has 134 valence electrons. The van der Waals surface area contributed by atoms with Crippen LogP contribution in [-0.4, -0.2) is 32.0 Å². The van der Waals surface area contributed by atoms with E-state index in [0.717, 1.165) is 17.4 Å². The Bertz CT molecular complexity index is 554. The summed E-state index contributed by atoms with van der Waals surface area (Å²) in [7, 11) is 3.44. The van der Waals surface area contributed by atoms with Gasteiger partial charge in [-0.25, -0.2) is 0 Å². The summed E-state index contributed by atoms with van der Waals surface area (Å²) in [5, 5.41) is 9.49. The second-order valence-corrected chi connectivity index (χ2v) is 6.31. The summed E-state index contributed by atoms with van der Waals surface area (Å²) in [4.78, 5) is 16.0. The normalized spacial score (nSPS) is 20.7. The number of hydrogen-bond acceptors (Lipinski definition) is 2. The number of benzene rings is 1. The molecule has 0 radical (unpaired) electrons. The molecular formula is C18H29IN4O. The van der Waals surface area contributed by atoms with Gasteiger partial charge in [-0.05, 0) is 49.3 Å². The lowest BCUT2D eigenvalue weighted by Gasteiger charge is -2.28. The Morgan fingerprint density at radius 3 is 2.58 bits per heavy atom. The molecule has 6 heteroatoms. The topological polar surface area (TPSA) is 65.5 Å². The van der Waals surface area contributed by atoms with E-state index < -0.39 is 0 Å². The predicted molar refractivity (Wildman–Crippen MR) is 110 cm³/mol. The summed E-state index contributed by atoms with van der Waals surface area (Å²) in [5.74, 6) is 1.61. The van der Waals surface area contributed by atoms with E-state index in [2.05, 4.69) is 27.9 Å². The molecule has 0 heterocycles. The van der Waals surface area contributed by atoms with Gasteiger partial charge in [0, 0.05) is 32.2 Å². The first kappa shape index (κ1) is 20.7. The standard InChI is InChI=1S/C18H28N4O.HI/c1-13-7-9-16(10-8-13)22-18(20-3)21-12-14-5-4-6-15(11-14)17(23)19-2;/h4-6,11,13,16H,7-10,12H2,1-3H3,(H,19,23)(H2,20,21,22);1H. The minimum atomic E-state index is -0.0642. The van der Waals surface area contributed by atoms with Crippen LogP contribution in [0, 0.1) is 5.92 Å². The maximum Gasteiger partial charge on any atom is 0.251 e. The van der Waals surface area contributed by atoms with Gasteiger partial charge >= 0.3 is 0 Å². The molecule has 1 fully saturated rings. The molecule has 3 N–H and O–H groups in total. The molecule has 1 amide bonds. The second kappa shape index (κ2) is 10.5. The van der Waals surface area contributed by atoms with Crippen molar-refractivity contribution in [2.24, 2.45) is 10.9 Å². The van der Waals surface area contributed by atoms with Crippen molar-refractivity contribution >= 4 is 35.8 Å². The third-order valence-corrected chi connectivity index (χ3v) is 4.46. The first-order chi connectivity index (χ1) is 11.1. The number of rotatable bonds is 4. The number of carbonyl (C=O) groups is 1. The lowest BCUT2D eigenvalue weighted by Crippen LogP contribution is -2.44. The maximum atomic E-state index is 11.7. The van der Waals surface area contributed by atoms with E-state index in [-0.39, 0.29) is 29.9 Å². The SMILES string of the molecule is CN=C(NCc1cccc(C(=O)NC)c1)NC1CCC(C)CC1.I.